The van der Waals surface area contributed by atoms with Gasteiger partial charge in [0.05, 0.1) is 21.1 Å². The average Bonchev–Trinajstić information content (AvgIpc) is 2.77. The quantitative estimate of drug-likeness (QED) is 0.670. The summed E-state index contributed by atoms with van der Waals surface area (Å²) in [5.74, 6) is 0.469. The molecule has 5 heteroatoms. The molecule has 1 aromatic heterocycles. The number of halogens is 2. The fraction of sp³-hybridized carbons (Fsp3) is 0.0667. The molecule has 3 rings (SSSR count). The number of rotatable bonds is 1. The van der Waals surface area contributed by atoms with Crippen molar-refractivity contribution in [3.05, 3.63) is 63.9 Å². The van der Waals surface area contributed by atoms with E-state index in [4.69, 9.17) is 23.2 Å². The Labute approximate surface area is 125 Å². The van der Waals surface area contributed by atoms with Gasteiger partial charge in [-0.25, -0.2) is 4.98 Å². The standard InChI is InChI=1S/C15H10Cl2N2O/c1-9-18-13-4-2-3-5-14(13)19(9)15(20)10-6-7-11(16)12(17)8-10/h2-8H,1H3. The second-order valence-electron chi connectivity index (χ2n) is 4.42. The molecule has 2 aromatic carbocycles. The molecule has 1 heterocycles. The first-order valence-corrected chi connectivity index (χ1v) is 6.77. The zero-order valence-corrected chi connectivity index (χ0v) is 12.1. The van der Waals surface area contributed by atoms with Gasteiger partial charge in [-0.2, -0.15) is 0 Å². The molecule has 0 unspecified atom stereocenters. The fourth-order valence-electron chi connectivity index (χ4n) is 2.16. The van der Waals surface area contributed by atoms with Crippen LogP contribution in [0.25, 0.3) is 11.0 Å². The number of aryl methyl sites for hydroxylation is 1. The lowest BCUT2D eigenvalue weighted by Gasteiger charge is -2.06. The number of hydrogen-bond donors (Lipinski definition) is 0. The Morgan fingerprint density at radius 1 is 1.10 bits per heavy atom. The number of aromatic nitrogens is 2. The minimum atomic E-state index is -0.172. The number of carbonyl (C=O) groups is 1. The van der Waals surface area contributed by atoms with Crippen molar-refractivity contribution in [2.75, 3.05) is 0 Å². The predicted molar refractivity (Wildman–Crippen MR) is 80.7 cm³/mol. The summed E-state index contributed by atoms with van der Waals surface area (Å²) in [5.41, 5.74) is 2.05. The number of imidazole rings is 1. The van der Waals surface area contributed by atoms with Gasteiger partial charge in [0.25, 0.3) is 5.91 Å². The molecule has 0 radical (unpaired) electrons. The number of carbonyl (C=O) groups excluding carboxylic acids is 1. The highest BCUT2D eigenvalue weighted by Crippen LogP contribution is 2.24. The number of nitrogens with zero attached hydrogens (tertiary/aromatic N) is 2. The van der Waals surface area contributed by atoms with Crippen LogP contribution in [0.5, 0.6) is 0 Å². The van der Waals surface area contributed by atoms with Crippen LogP contribution in [-0.4, -0.2) is 15.5 Å². The third kappa shape index (κ3) is 2.09. The molecular weight excluding hydrogens is 295 g/mol. The second kappa shape index (κ2) is 4.93. The molecule has 0 amide bonds. The number of para-hydroxylation sites is 2. The van der Waals surface area contributed by atoms with Gasteiger partial charge < -0.3 is 0 Å². The summed E-state index contributed by atoms with van der Waals surface area (Å²) >= 11 is 11.8. The van der Waals surface area contributed by atoms with E-state index in [0.717, 1.165) is 11.0 Å². The Kier molecular flexibility index (Phi) is 3.24. The SMILES string of the molecule is Cc1nc2ccccc2n1C(=O)c1ccc(Cl)c(Cl)c1. The van der Waals surface area contributed by atoms with Crippen LogP contribution in [0.3, 0.4) is 0 Å². The van der Waals surface area contributed by atoms with Crippen LogP contribution < -0.4 is 0 Å². The van der Waals surface area contributed by atoms with Crippen LogP contribution in [0.2, 0.25) is 10.0 Å². The summed E-state index contributed by atoms with van der Waals surface area (Å²) in [7, 11) is 0. The van der Waals surface area contributed by atoms with E-state index in [9.17, 15) is 4.79 Å². The summed E-state index contributed by atoms with van der Waals surface area (Å²) < 4.78 is 1.58. The Morgan fingerprint density at radius 2 is 1.85 bits per heavy atom. The van der Waals surface area contributed by atoms with Gasteiger partial charge in [-0.1, -0.05) is 35.3 Å². The summed E-state index contributed by atoms with van der Waals surface area (Å²) in [6.45, 7) is 1.80. The largest absolute Gasteiger partial charge is 0.268 e. The lowest BCUT2D eigenvalue weighted by molar-refractivity contribution is 0.0962. The van der Waals surface area contributed by atoms with Crippen LogP contribution in [-0.2, 0) is 0 Å². The van der Waals surface area contributed by atoms with Crippen LogP contribution in [0.4, 0.5) is 0 Å². The summed E-state index contributed by atoms with van der Waals surface area (Å²) in [4.78, 5) is 17.0. The van der Waals surface area contributed by atoms with Gasteiger partial charge in [0.1, 0.15) is 5.82 Å². The predicted octanol–water partition coefficient (Wildman–Crippen LogP) is 4.34. The lowest BCUT2D eigenvalue weighted by Crippen LogP contribution is -2.13. The van der Waals surface area contributed by atoms with Gasteiger partial charge in [0.2, 0.25) is 0 Å². The van der Waals surface area contributed by atoms with Gasteiger partial charge in [-0.15, -0.1) is 0 Å². The van der Waals surface area contributed by atoms with Crippen molar-refractivity contribution in [1.82, 2.24) is 9.55 Å². The van der Waals surface area contributed by atoms with E-state index in [2.05, 4.69) is 4.98 Å². The van der Waals surface area contributed by atoms with Crippen molar-refractivity contribution >= 4 is 40.1 Å². The summed E-state index contributed by atoms with van der Waals surface area (Å²) in [6, 6.07) is 12.4. The molecule has 0 N–H and O–H groups in total. The van der Waals surface area contributed by atoms with Gasteiger partial charge in [0.15, 0.2) is 0 Å². The van der Waals surface area contributed by atoms with Gasteiger partial charge in [-0.3, -0.25) is 9.36 Å². The third-order valence-electron chi connectivity index (χ3n) is 3.10. The molecule has 20 heavy (non-hydrogen) atoms. The molecule has 0 aliphatic carbocycles. The number of benzene rings is 2. The van der Waals surface area contributed by atoms with E-state index in [1.54, 1.807) is 29.7 Å². The lowest BCUT2D eigenvalue weighted by atomic mass is 10.2. The Bertz CT molecular complexity index is 824. The molecule has 0 aliphatic rings. The highest BCUT2D eigenvalue weighted by atomic mass is 35.5. The van der Waals surface area contributed by atoms with E-state index < -0.39 is 0 Å². The zero-order valence-electron chi connectivity index (χ0n) is 10.6. The van der Waals surface area contributed by atoms with E-state index >= 15 is 0 Å². The van der Waals surface area contributed by atoms with Gasteiger partial charge in [-0.05, 0) is 37.3 Å². The molecule has 100 valence electrons. The topological polar surface area (TPSA) is 34.9 Å². The summed E-state index contributed by atoms with van der Waals surface area (Å²) in [5, 5.41) is 0.787. The zero-order chi connectivity index (χ0) is 14.3. The highest BCUT2D eigenvalue weighted by molar-refractivity contribution is 6.42. The van der Waals surface area contributed by atoms with E-state index in [1.165, 1.54) is 0 Å². The molecule has 0 saturated heterocycles. The van der Waals surface area contributed by atoms with Crippen LogP contribution >= 0.6 is 23.2 Å². The first kappa shape index (κ1) is 13.2. The van der Waals surface area contributed by atoms with Crippen LogP contribution in [0.15, 0.2) is 42.5 Å². The minimum absolute atomic E-state index is 0.172. The van der Waals surface area contributed by atoms with Gasteiger partial charge >= 0.3 is 0 Å². The van der Waals surface area contributed by atoms with Crippen molar-refractivity contribution in [2.45, 2.75) is 6.92 Å². The van der Waals surface area contributed by atoms with Gasteiger partial charge in [0, 0.05) is 5.56 Å². The first-order valence-electron chi connectivity index (χ1n) is 6.02. The van der Waals surface area contributed by atoms with Crippen LogP contribution in [0.1, 0.15) is 16.2 Å². The van der Waals surface area contributed by atoms with Crippen molar-refractivity contribution in [1.29, 1.82) is 0 Å². The molecule has 0 fully saturated rings. The van der Waals surface area contributed by atoms with Crippen molar-refractivity contribution in [2.24, 2.45) is 0 Å². The number of hydrogen-bond acceptors (Lipinski definition) is 2. The molecule has 3 aromatic rings. The maximum absolute atomic E-state index is 12.6. The maximum atomic E-state index is 12.6. The Morgan fingerprint density at radius 3 is 2.60 bits per heavy atom. The highest BCUT2D eigenvalue weighted by Gasteiger charge is 2.16. The third-order valence-corrected chi connectivity index (χ3v) is 3.84. The first-order chi connectivity index (χ1) is 9.58. The molecular formula is C15H10Cl2N2O. The van der Waals surface area contributed by atoms with Crippen LogP contribution in [0, 0.1) is 6.92 Å². The molecule has 0 aliphatic heterocycles. The smallest absolute Gasteiger partial charge is 0.263 e. The minimum Gasteiger partial charge on any atom is -0.268 e. The molecule has 0 bridgehead atoms. The van der Waals surface area contributed by atoms with E-state index in [-0.39, 0.29) is 5.91 Å². The normalized spacial score (nSPS) is 10.9. The average molecular weight is 305 g/mol. The molecule has 0 spiro atoms. The Balaban J connectivity index is 2.17. The summed E-state index contributed by atoms with van der Waals surface area (Å²) in [6.07, 6.45) is 0. The molecule has 0 atom stereocenters. The molecule has 3 nitrogen and oxygen atoms in total. The maximum Gasteiger partial charge on any atom is 0.263 e. The molecule has 0 saturated carbocycles. The number of fused-ring (bicyclic) bond motifs is 1. The van der Waals surface area contributed by atoms with Crippen molar-refractivity contribution < 1.29 is 4.79 Å². The van der Waals surface area contributed by atoms with E-state index in [1.807, 2.05) is 24.3 Å². The van der Waals surface area contributed by atoms with Crippen molar-refractivity contribution in [3.8, 4) is 0 Å². The van der Waals surface area contributed by atoms with E-state index in [0.29, 0.717) is 21.4 Å². The Hall–Kier alpha value is -1.84. The monoisotopic (exact) mass is 304 g/mol. The fourth-order valence-corrected chi connectivity index (χ4v) is 2.46. The second-order valence-corrected chi connectivity index (χ2v) is 5.23. The van der Waals surface area contributed by atoms with Crippen molar-refractivity contribution in [3.63, 3.8) is 0 Å².